The molecule has 0 bridgehead atoms. The number of hydrogen-bond donors (Lipinski definition) is 1. The number of benzene rings is 1. The van der Waals surface area contributed by atoms with Crippen molar-refractivity contribution in [1.29, 1.82) is 0 Å². The van der Waals surface area contributed by atoms with Gasteiger partial charge in [-0.3, -0.25) is 4.90 Å². The topological polar surface area (TPSA) is 32.7 Å². The Balaban J connectivity index is 3.04. The molecule has 0 aliphatic carbocycles. The predicted octanol–water partition coefficient (Wildman–Crippen LogP) is 3.50. The van der Waals surface area contributed by atoms with Crippen LogP contribution < -0.4 is 4.74 Å². The molecule has 0 saturated carbocycles. The number of para-hydroxylation sites is 1. The van der Waals surface area contributed by atoms with Gasteiger partial charge in [-0.05, 0) is 37.6 Å². The second-order valence-electron chi connectivity index (χ2n) is 5.51. The van der Waals surface area contributed by atoms with E-state index >= 15 is 0 Å². The molecule has 0 aliphatic rings. The summed E-state index contributed by atoms with van der Waals surface area (Å²) in [6, 6.07) is 7.97. The third-order valence-corrected chi connectivity index (χ3v) is 4.84. The first-order chi connectivity index (χ1) is 10.1. The Morgan fingerprint density at radius 1 is 1.10 bits per heavy atom. The molecule has 1 N–H and O–H groups in total. The lowest BCUT2D eigenvalue weighted by molar-refractivity contribution is -0.0342. The molecule has 0 spiro atoms. The van der Waals surface area contributed by atoms with Crippen molar-refractivity contribution < 1.29 is 9.84 Å². The minimum atomic E-state index is -0.399. The maximum Gasteiger partial charge on any atom is 0.122 e. The Morgan fingerprint density at radius 2 is 1.67 bits per heavy atom. The molecular formula is C18H31NO2. The van der Waals surface area contributed by atoms with Crippen LogP contribution >= 0.6 is 0 Å². The Bertz CT molecular complexity index is 411. The highest BCUT2D eigenvalue weighted by Gasteiger charge is 2.39. The van der Waals surface area contributed by atoms with E-state index in [1.54, 1.807) is 7.11 Å². The number of methoxy groups -OCH3 is 1. The number of aliphatic hydroxyl groups is 1. The normalized spacial score (nSPS) is 13.5. The Labute approximate surface area is 129 Å². The van der Waals surface area contributed by atoms with Gasteiger partial charge in [0, 0.05) is 12.0 Å². The van der Waals surface area contributed by atoms with Gasteiger partial charge < -0.3 is 9.84 Å². The highest BCUT2D eigenvalue weighted by molar-refractivity contribution is 5.34. The second-order valence-corrected chi connectivity index (χ2v) is 5.51. The lowest BCUT2D eigenvalue weighted by atomic mass is 9.81. The summed E-state index contributed by atoms with van der Waals surface area (Å²) in [7, 11) is 1.68. The molecule has 120 valence electrons. The van der Waals surface area contributed by atoms with Crippen LogP contribution in [0.25, 0.3) is 0 Å². The van der Waals surface area contributed by atoms with Crippen LogP contribution in [0.2, 0.25) is 0 Å². The summed E-state index contributed by atoms with van der Waals surface area (Å²) in [4.78, 5) is 2.40. The summed E-state index contributed by atoms with van der Waals surface area (Å²) in [5.41, 5.74) is 0.913. The number of aliphatic hydroxyl groups excluding tert-OH is 1. The summed E-state index contributed by atoms with van der Waals surface area (Å²) in [5.74, 6) is 0.859. The van der Waals surface area contributed by atoms with Crippen molar-refractivity contribution in [2.75, 3.05) is 20.2 Å². The van der Waals surface area contributed by atoms with Crippen LogP contribution in [0.3, 0.4) is 0 Å². The van der Waals surface area contributed by atoms with Crippen molar-refractivity contribution in [3.8, 4) is 5.75 Å². The molecule has 0 fully saturated rings. The predicted molar refractivity (Wildman–Crippen MR) is 88.9 cm³/mol. The van der Waals surface area contributed by atoms with E-state index in [2.05, 4.69) is 32.6 Å². The molecule has 0 aliphatic heterocycles. The lowest BCUT2D eigenvalue weighted by Crippen LogP contribution is -2.56. The fourth-order valence-electron chi connectivity index (χ4n) is 3.50. The van der Waals surface area contributed by atoms with Gasteiger partial charge in [0.15, 0.2) is 0 Å². The number of nitrogens with zero attached hydrogens (tertiary/aromatic N) is 1. The maximum atomic E-state index is 11.0. The lowest BCUT2D eigenvalue weighted by Gasteiger charge is -2.46. The van der Waals surface area contributed by atoms with E-state index in [9.17, 15) is 5.11 Å². The molecule has 1 unspecified atom stereocenters. The first-order valence-corrected chi connectivity index (χ1v) is 8.14. The second kappa shape index (κ2) is 8.40. The van der Waals surface area contributed by atoms with Crippen molar-refractivity contribution in [2.45, 2.75) is 58.6 Å². The van der Waals surface area contributed by atoms with E-state index in [1.165, 1.54) is 0 Å². The molecule has 21 heavy (non-hydrogen) atoms. The number of likely N-dealkylation sites (N-methyl/N-ethyl adjacent to an activating group) is 1. The van der Waals surface area contributed by atoms with E-state index in [0.717, 1.165) is 37.2 Å². The summed E-state index contributed by atoms with van der Waals surface area (Å²) in [6.45, 7) is 10.6. The molecule has 0 saturated heterocycles. The molecule has 1 atom stereocenters. The van der Waals surface area contributed by atoms with Crippen molar-refractivity contribution in [3.05, 3.63) is 29.8 Å². The van der Waals surface area contributed by atoms with Gasteiger partial charge in [0.05, 0.1) is 13.2 Å². The average Bonchev–Trinajstić information content (AvgIpc) is 2.53. The average molecular weight is 293 g/mol. The molecular weight excluding hydrogens is 262 g/mol. The third-order valence-electron chi connectivity index (χ3n) is 4.84. The van der Waals surface area contributed by atoms with Gasteiger partial charge in [0.25, 0.3) is 0 Å². The fraction of sp³-hybridized carbons (Fsp3) is 0.667. The van der Waals surface area contributed by atoms with Crippen LogP contribution in [-0.4, -0.2) is 41.8 Å². The maximum absolute atomic E-state index is 11.0. The quantitative estimate of drug-likeness (QED) is 0.756. The molecule has 0 radical (unpaired) electrons. The third kappa shape index (κ3) is 3.78. The Morgan fingerprint density at radius 3 is 2.14 bits per heavy atom. The summed E-state index contributed by atoms with van der Waals surface area (Å²) < 4.78 is 5.41. The first-order valence-electron chi connectivity index (χ1n) is 8.14. The summed E-state index contributed by atoms with van der Waals surface area (Å²) in [6.07, 6.45) is 2.12. The molecule has 0 amide bonds. The summed E-state index contributed by atoms with van der Waals surface area (Å²) in [5, 5.41) is 11.0. The molecule has 3 heteroatoms. The minimum absolute atomic E-state index is 0.162. The first kappa shape index (κ1) is 18.0. The van der Waals surface area contributed by atoms with E-state index < -0.39 is 6.10 Å². The standard InChI is InChI=1S/C18H31NO2/c1-6-18(7-2,19(8-3)9-4)17(20)14-15-12-10-11-13-16(15)21-5/h10-13,17,20H,6-9,14H2,1-5H3. The molecule has 0 heterocycles. The number of ether oxygens (including phenoxy) is 1. The van der Waals surface area contributed by atoms with Crippen LogP contribution in [0.1, 0.15) is 46.1 Å². The highest BCUT2D eigenvalue weighted by atomic mass is 16.5. The van der Waals surface area contributed by atoms with E-state index in [4.69, 9.17) is 4.74 Å². The van der Waals surface area contributed by atoms with E-state index in [1.807, 2.05) is 24.3 Å². The zero-order valence-electron chi connectivity index (χ0n) is 14.2. The van der Waals surface area contributed by atoms with Crippen molar-refractivity contribution in [2.24, 2.45) is 0 Å². The zero-order valence-corrected chi connectivity index (χ0v) is 14.2. The van der Waals surface area contributed by atoms with Gasteiger partial charge in [-0.25, -0.2) is 0 Å². The van der Waals surface area contributed by atoms with Crippen LogP contribution in [0.15, 0.2) is 24.3 Å². The highest BCUT2D eigenvalue weighted by Crippen LogP contribution is 2.31. The van der Waals surface area contributed by atoms with Crippen LogP contribution in [0, 0.1) is 0 Å². The van der Waals surface area contributed by atoms with Gasteiger partial charge >= 0.3 is 0 Å². The minimum Gasteiger partial charge on any atom is -0.496 e. The molecule has 1 aromatic rings. The zero-order chi connectivity index (χ0) is 15.9. The van der Waals surface area contributed by atoms with Gasteiger partial charge in [-0.15, -0.1) is 0 Å². The Hall–Kier alpha value is -1.06. The SMILES string of the molecule is CCN(CC)C(CC)(CC)C(O)Cc1ccccc1OC. The van der Waals surface area contributed by atoms with Crippen LogP contribution in [0.5, 0.6) is 5.75 Å². The van der Waals surface area contributed by atoms with Crippen LogP contribution in [-0.2, 0) is 6.42 Å². The molecule has 3 nitrogen and oxygen atoms in total. The monoisotopic (exact) mass is 293 g/mol. The van der Waals surface area contributed by atoms with Gasteiger partial charge in [-0.1, -0.05) is 45.9 Å². The van der Waals surface area contributed by atoms with Crippen molar-refractivity contribution in [3.63, 3.8) is 0 Å². The van der Waals surface area contributed by atoms with E-state index in [-0.39, 0.29) is 5.54 Å². The van der Waals surface area contributed by atoms with Crippen molar-refractivity contribution in [1.82, 2.24) is 4.90 Å². The smallest absolute Gasteiger partial charge is 0.122 e. The summed E-state index contributed by atoms with van der Waals surface area (Å²) >= 11 is 0. The Kier molecular flexibility index (Phi) is 7.20. The number of rotatable bonds is 9. The largest absolute Gasteiger partial charge is 0.496 e. The van der Waals surface area contributed by atoms with Gasteiger partial charge in [0.1, 0.15) is 5.75 Å². The molecule has 1 aromatic carbocycles. The van der Waals surface area contributed by atoms with E-state index in [0.29, 0.717) is 6.42 Å². The number of hydrogen-bond acceptors (Lipinski definition) is 3. The molecule has 1 rings (SSSR count). The van der Waals surface area contributed by atoms with Gasteiger partial charge in [-0.2, -0.15) is 0 Å². The fourth-order valence-corrected chi connectivity index (χ4v) is 3.50. The van der Waals surface area contributed by atoms with Crippen molar-refractivity contribution >= 4 is 0 Å². The molecule has 0 aromatic heterocycles. The van der Waals surface area contributed by atoms with Crippen LogP contribution in [0.4, 0.5) is 0 Å². The van der Waals surface area contributed by atoms with Gasteiger partial charge in [0.2, 0.25) is 0 Å².